The maximum atomic E-state index is 11.3. The Hall–Kier alpha value is -1.53. The molecule has 1 N–H and O–H groups in total. The third-order valence-corrected chi connectivity index (χ3v) is 1.75. The van der Waals surface area contributed by atoms with E-state index in [1.807, 2.05) is 0 Å². The first kappa shape index (κ1) is 12.5. The topological polar surface area (TPSA) is 73.3 Å². The third-order valence-electron chi connectivity index (χ3n) is 1.75. The van der Waals surface area contributed by atoms with Gasteiger partial charge in [0.25, 0.3) is 0 Å². The maximum Gasteiger partial charge on any atom is 0.246 e. The lowest BCUT2D eigenvalue weighted by atomic mass is 10.4. The Bertz CT molecular complexity index is 305. The number of methoxy groups -OCH3 is 1. The van der Waals surface area contributed by atoms with Gasteiger partial charge >= 0.3 is 0 Å². The molecule has 88 valence electrons. The fourth-order valence-electron chi connectivity index (χ4n) is 0.969. The van der Waals surface area contributed by atoms with Crippen LogP contribution in [0, 0.1) is 0 Å². The summed E-state index contributed by atoms with van der Waals surface area (Å²) in [4.78, 5) is 19.2. The summed E-state index contributed by atoms with van der Waals surface area (Å²) >= 11 is 0. The number of rotatable bonds is 7. The van der Waals surface area contributed by atoms with Crippen LogP contribution in [-0.2, 0) is 20.8 Å². The van der Waals surface area contributed by atoms with Gasteiger partial charge in [-0.1, -0.05) is 0 Å². The van der Waals surface area contributed by atoms with Crippen LogP contribution in [-0.4, -0.2) is 42.8 Å². The van der Waals surface area contributed by atoms with Crippen LogP contribution >= 0.6 is 0 Å². The van der Waals surface area contributed by atoms with Gasteiger partial charge in [0.05, 0.1) is 31.6 Å². The number of aromatic nitrogens is 2. The van der Waals surface area contributed by atoms with Gasteiger partial charge < -0.3 is 14.8 Å². The summed E-state index contributed by atoms with van der Waals surface area (Å²) in [5.74, 6) is -0.179. The molecule has 0 fully saturated rings. The quantitative estimate of drug-likeness (QED) is 0.648. The van der Waals surface area contributed by atoms with Gasteiger partial charge in [-0.05, 0) is 0 Å². The Morgan fingerprint density at radius 3 is 3.00 bits per heavy atom. The van der Waals surface area contributed by atoms with E-state index >= 15 is 0 Å². The molecule has 0 bridgehead atoms. The van der Waals surface area contributed by atoms with Gasteiger partial charge in [0.2, 0.25) is 5.91 Å². The van der Waals surface area contributed by atoms with Crippen LogP contribution in [0.1, 0.15) is 5.69 Å². The summed E-state index contributed by atoms with van der Waals surface area (Å²) < 4.78 is 9.83. The molecule has 1 aromatic rings. The van der Waals surface area contributed by atoms with Crippen molar-refractivity contribution in [2.75, 3.05) is 26.9 Å². The number of nitrogens with zero attached hydrogens (tertiary/aromatic N) is 2. The smallest absolute Gasteiger partial charge is 0.246 e. The van der Waals surface area contributed by atoms with Crippen LogP contribution in [0.5, 0.6) is 0 Å². The zero-order chi connectivity index (χ0) is 11.6. The van der Waals surface area contributed by atoms with Crippen molar-refractivity contribution < 1.29 is 14.3 Å². The van der Waals surface area contributed by atoms with E-state index in [-0.39, 0.29) is 12.5 Å². The molecule has 0 saturated carbocycles. The van der Waals surface area contributed by atoms with Crippen LogP contribution in [0.25, 0.3) is 0 Å². The highest BCUT2D eigenvalue weighted by Crippen LogP contribution is 1.88. The molecule has 0 atom stereocenters. The number of hydrogen-bond donors (Lipinski definition) is 1. The average molecular weight is 225 g/mol. The fourth-order valence-corrected chi connectivity index (χ4v) is 0.969. The normalized spacial score (nSPS) is 10.1. The second kappa shape index (κ2) is 7.72. The SMILES string of the molecule is COCCOCC(=O)NCc1cnccn1. The van der Waals surface area contributed by atoms with Crippen molar-refractivity contribution in [1.82, 2.24) is 15.3 Å². The highest BCUT2D eigenvalue weighted by atomic mass is 16.5. The second-order valence-electron chi connectivity index (χ2n) is 3.02. The Morgan fingerprint density at radius 2 is 2.31 bits per heavy atom. The van der Waals surface area contributed by atoms with Gasteiger partial charge in [0.15, 0.2) is 0 Å². The number of nitrogens with one attached hydrogen (secondary N) is 1. The van der Waals surface area contributed by atoms with Crippen molar-refractivity contribution in [1.29, 1.82) is 0 Å². The first-order valence-corrected chi connectivity index (χ1v) is 4.91. The first-order chi connectivity index (χ1) is 7.83. The molecular weight excluding hydrogens is 210 g/mol. The number of ether oxygens (including phenoxy) is 2. The molecule has 0 radical (unpaired) electrons. The van der Waals surface area contributed by atoms with Crippen LogP contribution in [0.4, 0.5) is 0 Å². The van der Waals surface area contributed by atoms with Crippen LogP contribution in [0.15, 0.2) is 18.6 Å². The van der Waals surface area contributed by atoms with Crippen molar-refractivity contribution >= 4 is 5.91 Å². The molecular formula is C10H15N3O3. The van der Waals surface area contributed by atoms with Crippen LogP contribution in [0.3, 0.4) is 0 Å². The van der Waals surface area contributed by atoms with E-state index in [1.165, 1.54) is 0 Å². The van der Waals surface area contributed by atoms with Crippen molar-refractivity contribution in [3.8, 4) is 0 Å². The van der Waals surface area contributed by atoms with E-state index < -0.39 is 0 Å². The van der Waals surface area contributed by atoms with Gasteiger partial charge in [-0.25, -0.2) is 0 Å². The average Bonchev–Trinajstić information content (AvgIpc) is 2.33. The highest BCUT2D eigenvalue weighted by Gasteiger charge is 2.01. The van der Waals surface area contributed by atoms with Crippen molar-refractivity contribution in [3.05, 3.63) is 24.3 Å². The molecule has 0 aromatic carbocycles. The molecule has 1 aromatic heterocycles. The molecule has 6 nitrogen and oxygen atoms in total. The third kappa shape index (κ3) is 5.38. The van der Waals surface area contributed by atoms with E-state index in [4.69, 9.17) is 9.47 Å². The van der Waals surface area contributed by atoms with Crippen molar-refractivity contribution in [2.24, 2.45) is 0 Å². The molecule has 1 amide bonds. The fraction of sp³-hybridized carbons (Fsp3) is 0.500. The Kier molecular flexibility index (Phi) is 6.05. The molecule has 6 heteroatoms. The summed E-state index contributed by atoms with van der Waals surface area (Å²) in [6, 6.07) is 0. The Labute approximate surface area is 94.0 Å². The van der Waals surface area contributed by atoms with E-state index in [1.54, 1.807) is 25.7 Å². The minimum Gasteiger partial charge on any atom is -0.382 e. The largest absolute Gasteiger partial charge is 0.382 e. The summed E-state index contributed by atoms with van der Waals surface area (Å²) in [5, 5.41) is 2.67. The second-order valence-corrected chi connectivity index (χ2v) is 3.02. The lowest BCUT2D eigenvalue weighted by Gasteiger charge is -2.05. The van der Waals surface area contributed by atoms with Gasteiger partial charge in [-0.2, -0.15) is 0 Å². The van der Waals surface area contributed by atoms with Crippen molar-refractivity contribution in [3.63, 3.8) is 0 Å². The van der Waals surface area contributed by atoms with E-state index in [0.717, 1.165) is 0 Å². The first-order valence-electron chi connectivity index (χ1n) is 4.91. The molecule has 0 spiro atoms. The van der Waals surface area contributed by atoms with Crippen LogP contribution < -0.4 is 5.32 Å². The van der Waals surface area contributed by atoms with E-state index in [2.05, 4.69) is 15.3 Å². The Morgan fingerprint density at radius 1 is 1.44 bits per heavy atom. The lowest BCUT2D eigenvalue weighted by molar-refractivity contribution is -0.126. The summed E-state index contributed by atoms with van der Waals surface area (Å²) in [6.07, 6.45) is 4.77. The minimum atomic E-state index is -0.179. The van der Waals surface area contributed by atoms with Gasteiger partial charge in [0.1, 0.15) is 6.61 Å². The predicted octanol–water partition coefficient (Wildman–Crippen LogP) is -0.244. The highest BCUT2D eigenvalue weighted by molar-refractivity contribution is 5.77. The monoisotopic (exact) mass is 225 g/mol. The van der Waals surface area contributed by atoms with Gasteiger partial charge in [-0.15, -0.1) is 0 Å². The molecule has 0 aliphatic rings. The zero-order valence-corrected chi connectivity index (χ0v) is 9.18. The number of amides is 1. The number of carbonyl (C=O) groups is 1. The molecule has 0 saturated heterocycles. The molecule has 1 heterocycles. The standard InChI is InChI=1S/C10H15N3O3/c1-15-4-5-16-8-10(14)13-7-9-6-11-2-3-12-9/h2-3,6H,4-5,7-8H2,1H3,(H,13,14). The molecule has 0 unspecified atom stereocenters. The molecule has 0 aliphatic heterocycles. The number of carbonyl (C=O) groups excluding carboxylic acids is 1. The van der Waals surface area contributed by atoms with E-state index in [9.17, 15) is 4.79 Å². The number of hydrogen-bond acceptors (Lipinski definition) is 5. The summed E-state index contributed by atoms with van der Waals surface area (Å²) in [6.45, 7) is 1.29. The lowest BCUT2D eigenvalue weighted by Crippen LogP contribution is -2.28. The molecule has 1 rings (SSSR count). The zero-order valence-electron chi connectivity index (χ0n) is 9.18. The van der Waals surface area contributed by atoms with Gasteiger partial charge in [-0.3, -0.25) is 14.8 Å². The predicted molar refractivity (Wildman–Crippen MR) is 56.6 cm³/mol. The maximum absolute atomic E-state index is 11.3. The minimum absolute atomic E-state index is 0.0314. The summed E-state index contributed by atoms with van der Waals surface area (Å²) in [5.41, 5.74) is 0.716. The molecule has 0 aliphatic carbocycles. The van der Waals surface area contributed by atoms with Gasteiger partial charge in [0, 0.05) is 19.5 Å². The molecule has 16 heavy (non-hydrogen) atoms. The Balaban J connectivity index is 2.11. The van der Waals surface area contributed by atoms with E-state index in [0.29, 0.717) is 25.5 Å². The van der Waals surface area contributed by atoms with Crippen molar-refractivity contribution in [2.45, 2.75) is 6.54 Å². The summed E-state index contributed by atoms with van der Waals surface area (Å²) in [7, 11) is 1.58. The van der Waals surface area contributed by atoms with Crippen LogP contribution in [0.2, 0.25) is 0 Å².